The van der Waals surface area contributed by atoms with Gasteiger partial charge in [0.1, 0.15) is 60.9 Å². The molecule has 12 atom stereocenters. The van der Waals surface area contributed by atoms with Gasteiger partial charge in [-0.2, -0.15) is 0 Å². The minimum absolute atomic E-state index is 0.0555. The highest BCUT2D eigenvalue weighted by Gasteiger charge is 2.44. The summed E-state index contributed by atoms with van der Waals surface area (Å²) in [6.07, 6.45) is 3.19. The molecule has 0 aromatic carbocycles. The zero-order chi connectivity index (χ0) is 60.8. The molecule has 3 unspecified atom stereocenters. The molecule has 0 radical (unpaired) electrons. The van der Waals surface area contributed by atoms with Crippen molar-refractivity contribution < 1.29 is 76.0 Å². The average molecular weight is 1200 g/mol. The number of Topliss-reactive ketones (excluding diaryl/α,β-unsaturated/α-hetero) is 2. The Hall–Kier alpha value is -7.90. The van der Waals surface area contributed by atoms with Gasteiger partial charge < -0.3 is 71.8 Å². The molecule has 83 heavy (non-hydrogen) atoms. The van der Waals surface area contributed by atoms with Crippen LogP contribution in [-0.2, 0) is 57.5 Å². The van der Waals surface area contributed by atoms with Crippen molar-refractivity contribution in [1.82, 2.24) is 72.9 Å². The van der Waals surface area contributed by atoms with Gasteiger partial charge >= 0.3 is 0 Å². The number of nitrogens with one attached hydrogen (secondary N) is 10. The molecule has 4 bridgehead atoms. The lowest BCUT2D eigenvalue weighted by atomic mass is 9.98. The molecular formula is C51H70N14O16S2. The van der Waals surface area contributed by atoms with E-state index in [2.05, 4.69) is 63.1 Å². The van der Waals surface area contributed by atoms with Crippen LogP contribution < -0.4 is 53.2 Å². The number of fused-ring (bicyclic) bond motifs is 6. The lowest BCUT2D eigenvalue weighted by molar-refractivity contribution is -0.143. The smallest absolute Gasteiger partial charge is 0.290 e. The standard InChI is InChI=1S/C51H70N14O16S2/c1-8-9-28-38(68)46(76)56-26(6)48-62-32(17-80-48)42(72)60-34(40(70)52-13-30(54-21-66)50(78)64-15-24(4)11-36(64)44(74)58-28)19-82-83-20-35-41(71)53-14-31(55-22-67)51(79)65-16-25(5)12-37(65)45(75)59-29(10-23(2)3)39(69)47(77)57-27(7)49-63-33(18-81-49)43(73)61-35/h17-18,21-31,34-37H,8-16,19-20H2,1-7H3,(H,52,70)(H,53,71)(H,54,66)(H,55,67)(H,56,76)(H,57,77)(H,58,74)(H,59,75)(H,60,72)(H,61,73)/t24-,25-,26-,27-,28-,29-,30?,31-,34?,35?,36-,37-/m0/s1. The van der Waals surface area contributed by atoms with Gasteiger partial charge in [0.15, 0.2) is 11.4 Å². The van der Waals surface area contributed by atoms with E-state index in [1.54, 1.807) is 34.6 Å². The molecule has 2 fully saturated rings. The molecule has 4 aliphatic heterocycles. The van der Waals surface area contributed by atoms with E-state index in [0.29, 0.717) is 6.42 Å². The fourth-order valence-electron chi connectivity index (χ4n) is 9.74. The molecule has 452 valence electrons. The molecule has 0 saturated carbocycles. The summed E-state index contributed by atoms with van der Waals surface area (Å²) in [7, 11) is 1.84. The van der Waals surface area contributed by atoms with Crippen LogP contribution in [0.5, 0.6) is 0 Å². The lowest BCUT2D eigenvalue weighted by Gasteiger charge is -2.30. The maximum absolute atomic E-state index is 14.2. The first-order chi connectivity index (χ1) is 39.4. The summed E-state index contributed by atoms with van der Waals surface area (Å²) in [5.41, 5.74) is -0.730. The number of carbonyl (C=O) groups is 14. The normalized spacial score (nSPS) is 28.7. The summed E-state index contributed by atoms with van der Waals surface area (Å²) in [5.74, 6) is -12.4. The van der Waals surface area contributed by atoms with Crippen LogP contribution in [0, 0.1) is 17.8 Å². The predicted molar refractivity (Wildman–Crippen MR) is 292 cm³/mol. The number of carbonyl (C=O) groups excluding carboxylic acids is 14. The Kier molecular flexibility index (Phi) is 22.7. The van der Waals surface area contributed by atoms with Gasteiger partial charge in [-0.15, -0.1) is 0 Å². The first kappa shape index (κ1) is 64.3. The Balaban J connectivity index is 1.25. The maximum Gasteiger partial charge on any atom is 0.290 e. The monoisotopic (exact) mass is 1200 g/mol. The van der Waals surface area contributed by atoms with Crippen LogP contribution in [0.3, 0.4) is 0 Å². The Bertz CT molecular complexity index is 2810. The summed E-state index contributed by atoms with van der Waals surface area (Å²) in [6, 6.07) is -12.9. The van der Waals surface area contributed by atoms with Crippen molar-refractivity contribution in [2.75, 3.05) is 37.7 Å². The van der Waals surface area contributed by atoms with Crippen molar-refractivity contribution in [3.63, 3.8) is 0 Å². The van der Waals surface area contributed by atoms with Crippen LogP contribution in [0.25, 0.3) is 0 Å². The number of nitrogens with zero attached hydrogens (tertiary/aromatic N) is 4. The van der Waals surface area contributed by atoms with Gasteiger partial charge in [-0.1, -0.05) is 62.6 Å². The molecular weight excluding hydrogens is 1130 g/mol. The van der Waals surface area contributed by atoms with Crippen LogP contribution in [0.15, 0.2) is 21.4 Å². The minimum atomic E-state index is -1.48. The maximum atomic E-state index is 14.2. The third-order valence-electron chi connectivity index (χ3n) is 14.0. The molecule has 6 heterocycles. The third-order valence-corrected chi connectivity index (χ3v) is 16.4. The predicted octanol–water partition coefficient (Wildman–Crippen LogP) is -2.79. The van der Waals surface area contributed by atoms with Crippen molar-refractivity contribution >= 4 is 105 Å². The molecule has 30 nitrogen and oxygen atoms in total. The van der Waals surface area contributed by atoms with Gasteiger partial charge in [0, 0.05) is 37.7 Å². The van der Waals surface area contributed by atoms with Crippen LogP contribution in [0.1, 0.15) is 125 Å². The molecule has 0 aliphatic carbocycles. The number of oxazole rings is 2. The Morgan fingerprint density at radius 2 is 0.988 bits per heavy atom. The second kappa shape index (κ2) is 29.4. The van der Waals surface area contributed by atoms with Crippen molar-refractivity contribution in [2.45, 2.75) is 141 Å². The van der Waals surface area contributed by atoms with E-state index in [1.165, 1.54) is 23.6 Å². The van der Waals surface area contributed by atoms with E-state index in [0.717, 1.165) is 34.1 Å². The van der Waals surface area contributed by atoms with E-state index in [4.69, 9.17) is 8.83 Å². The lowest BCUT2D eigenvalue weighted by Crippen LogP contribution is -2.58. The van der Waals surface area contributed by atoms with Crippen LogP contribution in [0.4, 0.5) is 0 Å². The highest BCUT2D eigenvalue weighted by Crippen LogP contribution is 2.28. The third kappa shape index (κ3) is 16.7. The fourth-order valence-corrected chi connectivity index (χ4v) is 12.1. The minimum Gasteiger partial charge on any atom is -0.446 e. The van der Waals surface area contributed by atoms with Crippen LogP contribution in [0.2, 0.25) is 0 Å². The van der Waals surface area contributed by atoms with E-state index < -0.39 is 144 Å². The quantitative estimate of drug-likeness (QED) is 0.0419. The van der Waals surface area contributed by atoms with Gasteiger partial charge in [0.2, 0.25) is 71.6 Å². The van der Waals surface area contributed by atoms with Crippen molar-refractivity contribution in [1.29, 1.82) is 0 Å². The summed E-state index contributed by atoms with van der Waals surface area (Å²) in [6.45, 7) is 10.8. The SMILES string of the molecule is CCC[C@@H]1NC(=O)[C@@H]2C[C@H](C)CN2C(=O)C(NC=O)CNC(=O)C(CSSCC2NC(=O)c3coc(n3)[C@H](C)NC(=O)C(=O)[C@H](CC(C)C)NC(=O)[C@@H]3C[C@H](C)CN3C(=O)[C@@H](NC=O)CNC2=O)NC(=O)c2coc(n2)[C@H](C)NC(=O)C1=O. The van der Waals surface area contributed by atoms with Gasteiger partial charge in [0.25, 0.3) is 23.6 Å². The number of amides is 12. The molecule has 0 spiro atoms. The van der Waals surface area contributed by atoms with Crippen LogP contribution >= 0.6 is 21.6 Å². The highest BCUT2D eigenvalue weighted by atomic mass is 33.1. The Morgan fingerprint density at radius 3 is 1.39 bits per heavy atom. The fraction of sp³-hybridized carbons (Fsp3) is 0.608. The number of hydrogen-bond acceptors (Lipinski definition) is 20. The van der Waals surface area contributed by atoms with Gasteiger partial charge in [-0.3, -0.25) is 67.1 Å². The molecule has 2 saturated heterocycles. The van der Waals surface area contributed by atoms with E-state index in [9.17, 15) is 67.1 Å². The molecule has 32 heteroatoms. The first-order valence-corrected chi connectivity index (χ1v) is 29.6. The molecule has 10 N–H and O–H groups in total. The van der Waals surface area contributed by atoms with Gasteiger partial charge in [-0.05, 0) is 57.3 Å². The van der Waals surface area contributed by atoms with E-state index in [-0.39, 0.29) is 104 Å². The Morgan fingerprint density at radius 1 is 0.578 bits per heavy atom. The van der Waals surface area contributed by atoms with Crippen molar-refractivity contribution in [2.24, 2.45) is 17.8 Å². The summed E-state index contributed by atoms with van der Waals surface area (Å²) >= 11 is 0. The zero-order valence-corrected chi connectivity index (χ0v) is 48.4. The summed E-state index contributed by atoms with van der Waals surface area (Å²) in [4.78, 5) is 200. The zero-order valence-electron chi connectivity index (χ0n) is 46.7. The number of hydrogen-bond donors (Lipinski definition) is 10. The summed E-state index contributed by atoms with van der Waals surface area (Å²) in [5, 5.41) is 25.2. The number of ketones is 2. The van der Waals surface area contributed by atoms with Crippen molar-refractivity contribution in [3.05, 3.63) is 35.7 Å². The second-order valence-corrected chi connectivity index (χ2v) is 23.8. The topological polar surface area (TPSA) is 418 Å². The average Bonchev–Trinajstić information content (AvgIpc) is 4.18. The molecule has 2 aromatic rings. The van der Waals surface area contributed by atoms with Crippen LogP contribution in [-0.4, -0.2) is 189 Å². The second-order valence-electron chi connectivity index (χ2n) is 21.3. The molecule has 4 aliphatic rings. The molecule has 6 rings (SSSR count). The van der Waals surface area contributed by atoms with Gasteiger partial charge in [0.05, 0.1) is 12.1 Å². The van der Waals surface area contributed by atoms with Crippen molar-refractivity contribution in [3.8, 4) is 0 Å². The van der Waals surface area contributed by atoms with Gasteiger partial charge in [-0.25, -0.2) is 9.97 Å². The van der Waals surface area contributed by atoms with E-state index in [1.807, 2.05) is 0 Å². The van der Waals surface area contributed by atoms with E-state index >= 15 is 0 Å². The first-order valence-electron chi connectivity index (χ1n) is 27.1. The number of rotatable bonds is 13. The largest absolute Gasteiger partial charge is 0.446 e. The number of aromatic nitrogens is 2. The molecule has 2 aromatic heterocycles. The molecule has 12 amide bonds. The Labute approximate surface area is 484 Å². The highest BCUT2D eigenvalue weighted by molar-refractivity contribution is 8.76. The summed E-state index contributed by atoms with van der Waals surface area (Å²) < 4.78 is 11.0.